The van der Waals surface area contributed by atoms with E-state index in [1.54, 1.807) is 0 Å². The summed E-state index contributed by atoms with van der Waals surface area (Å²) < 4.78 is 0. The molecule has 102 valence electrons. The van der Waals surface area contributed by atoms with Crippen LogP contribution in [-0.2, 0) is 0 Å². The van der Waals surface area contributed by atoms with Crippen molar-refractivity contribution in [3.8, 4) is 6.07 Å². The largest absolute Gasteiger partial charge is 0.337 e. The van der Waals surface area contributed by atoms with E-state index in [4.69, 9.17) is 5.26 Å². The van der Waals surface area contributed by atoms with Crippen LogP contribution in [0.1, 0.15) is 24.7 Å². The summed E-state index contributed by atoms with van der Waals surface area (Å²) in [6, 6.07) is 2.39. The molecule has 0 saturated carbocycles. The van der Waals surface area contributed by atoms with Gasteiger partial charge in [0.1, 0.15) is 0 Å². The molecule has 1 aliphatic heterocycles. The van der Waals surface area contributed by atoms with Crippen LogP contribution in [0.5, 0.6) is 0 Å². The Morgan fingerprint density at radius 1 is 1.16 bits per heavy atom. The van der Waals surface area contributed by atoms with Crippen molar-refractivity contribution >= 4 is 5.95 Å². The van der Waals surface area contributed by atoms with Crippen LogP contribution in [0.25, 0.3) is 0 Å². The van der Waals surface area contributed by atoms with Crippen molar-refractivity contribution < 1.29 is 0 Å². The maximum absolute atomic E-state index is 9.09. The van der Waals surface area contributed by atoms with E-state index in [1.807, 2.05) is 13.8 Å². The standard InChI is InChI=1S/C13H20N6/c1-4-12(9-14)18-5-7-19(8-6-18)13-15-10(2)11(3)16-17-13/h12H,4-8H2,1-3H3. The molecule has 1 saturated heterocycles. The number of hydrogen-bond donors (Lipinski definition) is 0. The van der Waals surface area contributed by atoms with Gasteiger partial charge in [0.25, 0.3) is 0 Å². The molecule has 1 atom stereocenters. The molecule has 19 heavy (non-hydrogen) atoms. The predicted octanol–water partition coefficient (Wildman–Crippen LogP) is 0.913. The number of rotatable bonds is 3. The molecule has 1 aliphatic rings. The lowest BCUT2D eigenvalue weighted by Crippen LogP contribution is -2.50. The van der Waals surface area contributed by atoms with Crippen LogP contribution < -0.4 is 4.90 Å². The average Bonchev–Trinajstić information content (AvgIpc) is 2.44. The monoisotopic (exact) mass is 260 g/mol. The van der Waals surface area contributed by atoms with E-state index in [0.717, 1.165) is 44.0 Å². The van der Waals surface area contributed by atoms with Gasteiger partial charge in [-0.25, -0.2) is 4.98 Å². The highest BCUT2D eigenvalue weighted by atomic mass is 15.4. The molecule has 0 amide bonds. The van der Waals surface area contributed by atoms with E-state index in [-0.39, 0.29) is 6.04 Å². The second-order valence-corrected chi connectivity index (χ2v) is 4.86. The Labute approximate surface area is 114 Å². The number of aromatic nitrogens is 3. The van der Waals surface area contributed by atoms with Crippen molar-refractivity contribution in [1.82, 2.24) is 20.1 Å². The minimum Gasteiger partial charge on any atom is -0.337 e. The molecule has 0 spiro atoms. The van der Waals surface area contributed by atoms with Crippen molar-refractivity contribution in [1.29, 1.82) is 5.26 Å². The summed E-state index contributed by atoms with van der Waals surface area (Å²) in [7, 11) is 0. The van der Waals surface area contributed by atoms with E-state index < -0.39 is 0 Å². The Kier molecular flexibility index (Phi) is 4.27. The second kappa shape index (κ2) is 5.93. The molecule has 0 aliphatic carbocycles. The van der Waals surface area contributed by atoms with Crippen molar-refractivity contribution in [3.63, 3.8) is 0 Å². The smallest absolute Gasteiger partial charge is 0.245 e. The number of piperazine rings is 1. The molecular weight excluding hydrogens is 240 g/mol. The van der Waals surface area contributed by atoms with Crippen LogP contribution >= 0.6 is 0 Å². The first kappa shape index (κ1) is 13.7. The highest BCUT2D eigenvalue weighted by molar-refractivity contribution is 5.30. The van der Waals surface area contributed by atoms with Gasteiger partial charge in [0, 0.05) is 26.2 Å². The van der Waals surface area contributed by atoms with Gasteiger partial charge in [0.05, 0.1) is 23.5 Å². The summed E-state index contributed by atoms with van der Waals surface area (Å²) in [4.78, 5) is 8.84. The summed E-state index contributed by atoms with van der Waals surface area (Å²) in [5, 5.41) is 17.4. The van der Waals surface area contributed by atoms with E-state index >= 15 is 0 Å². The third-order valence-corrected chi connectivity index (χ3v) is 3.65. The summed E-state index contributed by atoms with van der Waals surface area (Å²) >= 11 is 0. The topological polar surface area (TPSA) is 68.9 Å². The lowest BCUT2D eigenvalue weighted by atomic mass is 10.2. The van der Waals surface area contributed by atoms with Crippen LogP contribution in [0, 0.1) is 25.2 Å². The van der Waals surface area contributed by atoms with Crippen molar-refractivity contribution in [3.05, 3.63) is 11.4 Å². The van der Waals surface area contributed by atoms with Gasteiger partial charge < -0.3 is 4.90 Å². The summed E-state index contributed by atoms with van der Waals surface area (Å²) in [5.41, 5.74) is 1.80. The molecule has 0 N–H and O–H groups in total. The van der Waals surface area contributed by atoms with E-state index in [9.17, 15) is 0 Å². The molecule has 2 rings (SSSR count). The third-order valence-electron chi connectivity index (χ3n) is 3.65. The van der Waals surface area contributed by atoms with Gasteiger partial charge in [-0.3, -0.25) is 4.90 Å². The fourth-order valence-corrected chi connectivity index (χ4v) is 2.24. The average molecular weight is 260 g/mol. The fraction of sp³-hybridized carbons (Fsp3) is 0.692. The van der Waals surface area contributed by atoms with Crippen LogP contribution in [0.15, 0.2) is 0 Å². The van der Waals surface area contributed by atoms with Gasteiger partial charge in [-0.2, -0.15) is 10.4 Å². The minimum atomic E-state index is 0.0287. The maximum Gasteiger partial charge on any atom is 0.245 e. The normalized spacial score (nSPS) is 18.1. The SMILES string of the molecule is CCC(C#N)N1CCN(c2nnc(C)c(C)n2)CC1. The zero-order valence-electron chi connectivity index (χ0n) is 11.8. The number of nitrogens with zero attached hydrogens (tertiary/aromatic N) is 6. The van der Waals surface area contributed by atoms with Crippen LogP contribution in [-0.4, -0.2) is 52.3 Å². The Morgan fingerprint density at radius 2 is 1.84 bits per heavy atom. The predicted molar refractivity (Wildman–Crippen MR) is 72.8 cm³/mol. The molecule has 0 aromatic carbocycles. The molecular formula is C13H20N6. The Balaban J connectivity index is 2.00. The number of aryl methyl sites for hydroxylation is 2. The molecule has 0 bridgehead atoms. The summed E-state index contributed by atoms with van der Waals surface area (Å²) in [6.45, 7) is 9.37. The lowest BCUT2D eigenvalue weighted by molar-refractivity contribution is 0.215. The minimum absolute atomic E-state index is 0.0287. The molecule has 6 heteroatoms. The van der Waals surface area contributed by atoms with Crippen LogP contribution in [0.3, 0.4) is 0 Å². The van der Waals surface area contributed by atoms with E-state index in [1.165, 1.54) is 0 Å². The first-order valence-electron chi connectivity index (χ1n) is 6.72. The van der Waals surface area contributed by atoms with Gasteiger partial charge in [0.2, 0.25) is 5.95 Å². The molecule has 6 nitrogen and oxygen atoms in total. The number of nitriles is 1. The molecule has 0 radical (unpaired) electrons. The zero-order chi connectivity index (χ0) is 13.8. The van der Waals surface area contributed by atoms with Crippen molar-refractivity contribution in [2.75, 3.05) is 31.1 Å². The van der Waals surface area contributed by atoms with E-state index in [2.05, 4.69) is 38.0 Å². The van der Waals surface area contributed by atoms with Gasteiger partial charge in [-0.05, 0) is 20.3 Å². The molecule has 1 unspecified atom stereocenters. The van der Waals surface area contributed by atoms with E-state index in [0.29, 0.717) is 5.95 Å². The first-order chi connectivity index (χ1) is 9.15. The van der Waals surface area contributed by atoms with Crippen LogP contribution in [0.2, 0.25) is 0 Å². The number of hydrogen-bond acceptors (Lipinski definition) is 6. The van der Waals surface area contributed by atoms with Gasteiger partial charge in [-0.15, -0.1) is 5.10 Å². The van der Waals surface area contributed by atoms with Crippen molar-refractivity contribution in [2.45, 2.75) is 33.2 Å². The maximum atomic E-state index is 9.09. The Morgan fingerprint density at radius 3 is 2.37 bits per heavy atom. The second-order valence-electron chi connectivity index (χ2n) is 4.86. The summed E-state index contributed by atoms with van der Waals surface area (Å²) in [6.07, 6.45) is 0.873. The van der Waals surface area contributed by atoms with Crippen LogP contribution in [0.4, 0.5) is 5.95 Å². The van der Waals surface area contributed by atoms with Gasteiger partial charge in [-0.1, -0.05) is 6.92 Å². The van der Waals surface area contributed by atoms with Gasteiger partial charge >= 0.3 is 0 Å². The van der Waals surface area contributed by atoms with Crippen molar-refractivity contribution in [2.24, 2.45) is 0 Å². The molecule has 1 aromatic heterocycles. The highest BCUT2D eigenvalue weighted by Crippen LogP contribution is 2.14. The summed E-state index contributed by atoms with van der Waals surface area (Å²) in [5.74, 6) is 0.702. The lowest BCUT2D eigenvalue weighted by Gasteiger charge is -2.36. The highest BCUT2D eigenvalue weighted by Gasteiger charge is 2.24. The number of anilines is 1. The molecule has 2 heterocycles. The molecule has 1 fully saturated rings. The Hall–Kier alpha value is -1.74. The fourth-order valence-electron chi connectivity index (χ4n) is 2.24. The third kappa shape index (κ3) is 2.99. The first-order valence-corrected chi connectivity index (χ1v) is 6.72. The van der Waals surface area contributed by atoms with Gasteiger partial charge in [0.15, 0.2) is 0 Å². The Bertz CT molecular complexity index is 473. The molecule has 1 aromatic rings. The zero-order valence-corrected chi connectivity index (χ0v) is 11.8. The quantitative estimate of drug-likeness (QED) is 0.804.